The average Bonchev–Trinajstić information content (AvgIpc) is 3.35. The van der Waals surface area contributed by atoms with Crippen molar-refractivity contribution in [2.45, 2.75) is 169 Å². The van der Waals surface area contributed by atoms with Crippen LogP contribution in [0.5, 0.6) is 11.5 Å². The quantitative estimate of drug-likeness (QED) is 0.0475. The first-order chi connectivity index (χ1) is 38.1. The summed E-state index contributed by atoms with van der Waals surface area (Å²) in [4.78, 5) is 124. The van der Waals surface area contributed by atoms with Crippen LogP contribution in [-0.2, 0) is 49.3 Å². The highest BCUT2D eigenvalue weighted by Gasteiger charge is 2.36. The van der Waals surface area contributed by atoms with Crippen molar-refractivity contribution in [2.75, 3.05) is 60.0 Å². The number of benzene rings is 2. The summed E-state index contributed by atoms with van der Waals surface area (Å²) in [5, 5.41) is 28.0. The van der Waals surface area contributed by atoms with E-state index in [1.54, 1.807) is 113 Å². The van der Waals surface area contributed by atoms with Gasteiger partial charge in [0.2, 0.25) is 29.5 Å². The molecule has 0 saturated heterocycles. The van der Waals surface area contributed by atoms with E-state index in [4.69, 9.17) is 28.4 Å². The summed E-state index contributed by atoms with van der Waals surface area (Å²) < 4.78 is 34.2. The topological polar surface area (TPSA) is 323 Å². The summed E-state index contributed by atoms with van der Waals surface area (Å²) in [6.07, 6.45) is -2.40. The Morgan fingerprint density at radius 1 is 0.671 bits per heavy atom. The van der Waals surface area contributed by atoms with Crippen LogP contribution in [-0.4, -0.2) is 164 Å². The van der Waals surface area contributed by atoms with E-state index in [0.29, 0.717) is 23.1 Å². The maximum atomic E-state index is 15.1. The van der Waals surface area contributed by atoms with Crippen LogP contribution in [0.2, 0.25) is 0 Å². The highest BCUT2D eigenvalue weighted by Crippen LogP contribution is 2.40. The molecule has 0 saturated carbocycles. The predicted octanol–water partition coefficient (Wildman–Crippen LogP) is 5.28. The molecule has 2 aromatic rings. The zero-order valence-corrected chi connectivity index (χ0v) is 50.2. The van der Waals surface area contributed by atoms with Gasteiger partial charge in [0.05, 0.1) is 19.2 Å². The van der Waals surface area contributed by atoms with Gasteiger partial charge in [0, 0.05) is 51.2 Å². The highest BCUT2D eigenvalue weighted by atomic mass is 16.6. The Balaban J connectivity index is 2.26. The van der Waals surface area contributed by atoms with E-state index < -0.39 is 100 Å². The molecule has 0 aliphatic carbocycles. The molecule has 9 amide bonds. The van der Waals surface area contributed by atoms with Gasteiger partial charge < -0.3 is 75.4 Å². The number of likely N-dealkylation sites (N-methyl/N-ethyl adjacent to an activating group) is 1. The number of carbonyl (C=O) groups excluding carboxylic acids is 9. The van der Waals surface area contributed by atoms with Gasteiger partial charge in [-0.05, 0) is 145 Å². The number of nitrogens with one attached hydrogen (secondary N) is 7. The summed E-state index contributed by atoms with van der Waals surface area (Å²) in [7, 11) is 2.82. The van der Waals surface area contributed by atoms with Gasteiger partial charge in [-0.1, -0.05) is 12.1 Å². The van der Waals surface area contributed by atoms with Crippen molar-refractivity contribution in [1.29, 1.82) is 5.26 Å². The number of rotatable bonds is 21. The summed E-state index contributed by atoms with van der Waals surface area (Å²) >= 11 is 0. The number of unbranched alkanes of at least 4 members (excludes halogenated alkanes) is 1. The van der Waals surface area contributed by atoms with E-state index in [1.807, 2.05) is 6.07 Å². The normalized spacial score (nSPS) is 15.9. The molecule has 1 aliphatic rings. The van der Waals surface area contributed by atoms with Crippen LogP contribution in [0, 0.1) is 11.3 Å². The van der Waals surface area contributed by atoms with Crippen LogP contribution >= 0.6 is 0 Å². The standard InChI is InChI=1S/C57H86N10O15/c1-35-46(69)65-41(47(70)59-26-24-58)33-36-19-21-42(77-30-27-61-51(74)80-55(5,6)7)38(32-36)39-34-37(20-22-43(39)78-31-28-62-52(75)81-56(8,9)10)45(48(71)63-35)67(15)49(72)40(18-16-17-25-60-50(73)79-54(2,3)4)64-44(68)23-29-66(14)53(76)82-57(11,12)13/h19-22,32,34-35,40-41,45H,16-18,23,25-31,33H2,1-15H3,(H,59,70)(H,60,73)(H,61,74)(H,62,75)(H,63,71)(H,64,68)(H,65,69)/t35-,40-,41-,45-/m0/s1. The van der Waals surface area contributed by atoms with E-state index >= 15 is 4.79 Å². The minimum Gasteiger partial charge on any atom is -0.491 e. The molecule has 82 heavy (non-hydrogen) atoms. The molecule has 0 fully saturated rings. The lowest BCUT2D eigenvalue weighted by Gasteiger charge is -2.33. The van der Waals surface area contributed by atoms with Crippen LogP contribution in [0.15, 0.2) is 36.4 Å². The van der Waals surface area contributed by atoms with Crippen LogP contribution in [0.25, 0.3) is 11.1 Å². The van der Waals surface area contributed by atoms with Crippen LogP contribution < -0.4 is 46.7 Å². The number of alkyl carbamates (subject to hydrolysis) is 3. The third-order valence-electron chi connectivity index (χ3n) is 11.5. The SMILES string of the molecule is C[C@@H]1NC(=O)[C@@H](N(C)C(=O)[C@H](CCCCNC(=O)OC(C)(C)C)NC(=O)CCN(C)C(=O)OC(C)(C)C)c2ccc(OCCNC(=O)OC(C)(C)C)c(c2)-c2cc(ccc2OCCNC(=O)OC(C)(C)C)C[C@@H](C(=O)NCC#N)NC1=O. The van der Waals surface area contributed by atoms with Gasteiger partial charge >= 0.3 is 24.4 Å². The van der Waals surface area contributed by atoms with E-state index in [2.05, 4.69) is 37.2 Å². The second kappa shape index (κ2) is 30.7. The van der Waals surface area contributed by atoms with Crippen molar-refractivity contribution in [3.05, 3.63) is 47.5 Å². The fraction of sp³-hybridized carbons (Fsp3) is 0.614. The molecular formula is C57H86N10O15. The van der Waals surface area contributed by atoms with Crippen molar-refractivity contribution in [1.82, 2.24) is 47.0 Å². The Kier molecular flexibility index (Phi) is 25.5. The molecule has 0 unspecified atom stereocenters. The molecular weight excluding hydrogens is 1060 g/mol. The summed E-state index contributed by atoms with van der Waals surface area (Å²) in [6, 6.07) is 6.04. The number of amides is 9. The maximum absolute atomic E-state index is 15.1. The molecule has 1 heterocycles. The number of ether oxygens (including phenoxy) is 6. The predicted molar refractivity (Wildman–Crippen MR) is 302 cm³/mol. The molecule has 0 aromatic heterocycles. The third kappa shape index (κ3) is 24.8. The average molecular weight is 1150 g/mol. The highest BCUT2D eigenvalue weighted by molar-refractivity contribution is 5.96. The molecule has 3 rings (SSSR count). The Bertz CT molecular complexity index is 2610. The summed E-state index contributed by atoms with van der Waals surface area (Å²) in [5.74, 6) is -3.25. The molecule has 454 valence electrons. The Morgan fingerprint density at radius 2 is 1.18 bits per heavy atom. The monoisotopic (exact) mass is 1150 g/mol. The fourth-order valence-electron chi connectivity index (χ4n) is 7.83. The molecule has 25 heteroatoms. The molecule has 1 aliphatic heterocycles. The van der Waals surface area contributed by atoms with E-state index in [-0.39, 0.29) is 88.7 Å². The Labute approximate surface area is 481 Å². The first-order valence-electron chi connectivity index (χ1n) is 27.2. The van der Waals surface area contributed by atoms with E-state index in [1.165, 1.54) is 32.0 Å². The van der Waals surface area contributed by atoms with Gasteiger partial charge in [0.1, 0.15) is 77.8 Å². The van der Waals surface area contributed by atoms with Crippen LogP contribution in [0.1, 0.15) is 133 Å². The summed E-state index contributed by atoms with van der Waals surface area (Å²) in [6.45, 7) is 21.5. The number of nitrogens with zero attached hydrogens (tertiary/aromatic N) is 3. The van der Waals surface area contributed by atoms with Gasteiger partial charge in [0.15, 0.2) is 0 Å². The molecule has 7 N–H and O–H groups in total. The zero-order valence-electron chi connectivity index (χ0n) is 50.2. The van der Waals surface area contributed by atoms with E-state index in [9.17, 15) is 43.6 Å². The van der Waals surface area contributed by atoms with E-state index in [0.717, 1.165) is 4.90 Å². The molecule has 25 nitrogen and oxygen atoms in total. The lowest BCUT2D eigenvalue weighted by molar-refractivity contribution is -0.143. The smallest absolute Gasteiger partial charge is 0.410 e. The van der Waals surface area contributed by atoms with Crippen LogP contribution in [0.3, 0.4) is 0 Å². The third-order valence-corrected chi connectivity index (χ3v) is 11.5. The van der Waals surface area contributed by atoms with Gasteiger partial charge in [-0.15, -0.1) is 0 Å². The second-order valence-electron chi connectivity index (χ2n) is 23.6. The van der Waals surface area contributed by atoms with Crippen LogP contribution in [0.4, 0.5) is 19.2 Å². The fourth-order valence-corrected chi connectivity index (χ4v) is 7.83. The van der Waals surface area contributed by atoms with Crippen molar-refractivity contribution in [3.63, 3.8) is 0 Å². The van der Waals surface area contributed by atoms with Crippen molar-refractivity contribution >= 4 is 53.9 Å². The molecule has 0 radical (unpaired) electrons. The first kappa shape index (κ1) is 68.2. The zero-order chi connectivity index (χ0) is 61.8. The molecule has 0 spiro atoms. The number of carbonyl (C=O) groups is 9. The lowest BCUT2D eigenvalue weighted by atomic mass is 9.93. The minimum absolute atomic E-state index is 0.00522. The van der Waals surface area contributed by atoms with Crippen molar-refractivity contribution in [3.8, 4) is 28.7 Å². The first-order valence-corrected chi connectivity index (χ1v) is 27.2. The molecule has 4 atom stereocenters. The molecule has 4 bridgehead atoms. The van der Waals surface area contributed by atoms with Gasteiger partial charge in [-0.25, -0.2) is 19.2 Å². The summed E-state index contributed by atoms with van der Waals surface area (Å²) in [5.41, 5.74) is -1.80. The number of hydrogen-bond acceptors (Lipinski definition) is 16. The van der Waals surface area contributed by atoms with Gasteiger partial charge in [-0.2, -0.15) is 5.26 Å². The minimum atomic E-state index is -1.56. The largest absolute Gasteiger partial charge is 0.491 e. The van der Waals surface area contributed by atoms with Gasteiger partial charge in [0.25, 0.3) is 0 Å². The maximum Gasteiger partial charge on any atom is 0.410 e. The molecule has 2 aromatic carbocycles. The number of nitriles is 1. The Hall–Kier alpha value is -8.04. The number of hydrogen-bond donors (Lipinski definition) is 7. The Morgan fingerprint density at radius 3 is 1.71 bits per heavy atom. The number of fused-ring (bicyclic) bond motifs is 5. The van der Waals surface area contributed by atoms with Crippen molar-refractivity contribution < 1.29 is 71.6 Å². The second-order valence-corrected chi connectivity index (χ2v) is 23.6. The van der Waals surface area contributed by atoms with Crippen molar-refractivity contribution in [2.24, 2.45) is 0 Å². The lowest BCUT2D eigenvalue weighted by Crippen LogP contribution is -2.56. The van der Waals surface area contributed by atoms with Gasteiger partial charge in [-0.3, -0.25) is 24.0 Å².